The van der Waals surface area contributed by atoms with Gasteiger partial charge in [0.15, 0.2) is 5.78 Å². The third kappa shape index (κ3) is 4.94. The maximum absolute atomic E-state index is 12.6. The number of nitrogens with zero attached hydrogens (tertiary/aromatic N) is 1. The minimum absolute atomic E-state index is 0.0933. The molecule has 0 heterocycles. The topological polar surface area (TPSA) is 78.5 Å². The molecule has 0 fully saturated rings. The van der Waals surface area contributed by atoms with E-state index in [4.69, 9.17) is 0 Å². The van der Waals surface area contributed by atoms with E-state index < -0.39 is 17.2 Å². The molecule has 2 N–H and O–H groups in total. The van der Waals surface area contributed by atoms with E-state index in [1.54, 1.807) is 50.2 Å². The maximum atomic E-state index is 12.6. The van der Waals surface area contributed by atoms with Crippen molar-refractivity contribution < 1.29 is 14.4 Å². The summed E-state index contributed by atoms with van der Waals surface area (Å²) in [5, 5.41) is 5.48. The van der Waals surface area contributed by atoms with E-state index in [1.165, 1.54) is 6.92 Å². The summed E-state index contributed by atoms with van der Waals surface area (Å²) in [6, 6.07) is 14.0. The van der Waals surface area contributed by atoms with E-state index in [1.807, 2.05) is 31.1 Å². The molecule has 2 rings (SSSR count). The summed E-state index contributed by atoms with van der Waals surface area (Å²) < 4.78 is 0. The van der Waals surface area contributed by atoms with Crippen molar-refractivity contribution >= 4 is 34.7 Å². The predicted octanol–water partition coefficient (Wildman–Crippen LogP) is 3.56. The Morgan fingerprint density at radius 3 is 1.93 bits per heavy atom. The van der Waals surface area contributed by atoms with E-state index >= 15 is 0 Å². The number of nitrogens with one attached hydrogen (secondary N) is 2. The minimum Gasteiger partial charge on any atom is -0.378 e. The van der Waals surface area contributed by atoms with Crippen molar-refractivity contribution in [3.05, 3.63) is 54.1 Å². The first kappa shape index (κ1) is 20.2. The molecule has 2 amide bonds. The summed E-state index contributed by atoms with van der Waals surface area (Å²) in [6.07, 6.45) is 0. The first-order valence-electron chi connectivity index (χ1n) is 8.62. The van der Waals surface area contributed by atoms with Crippen LogP contribution >= 0.6 is 0 Å². The molecular formula is C21H25N3O3. The fourth-order valence-electron chi connectivity index (χ4n) is 2.34. The Balaban J connectivity index is 2.09. The van der Waals surface area contributed by atoms with Crippen LogP contribution in [-0.2, 0) is 9.59 Å². The van der Waals surface area contributed by atoms with E-state index in [0.717, 1.165) is 5.69 Å². The lowest BCUT2D eigenvalue weighted by atomic mass is 9.90. The zero-order chi connectivity index (χ0) is 20.2. The third-order valence-electron chi connectivity index (χ3n) is 4.30. The molecule has 0 saturated carbocycles. The van der Waals surface area contributed by atoms with Gasteiger partial charge in [-0.2, -0.15) is 0 Å². The van der Waals surface area contributed by atoms with Crippen LogP contribution in [0.25, 0.3) is 0 Å². The van der Waals surface area contributed by atoms with Gasteiger partial charge in [-0.05, 0) is 57.2 Å². The highest BCUT2D eigenvalue weighted by Crippen LogP contribution is 2.23. The van der Waals surface area contributed by atoms with Crippen LogP contribution in [0.3, 0.4) is 0 Å². The van der Waals surface area contributed by atoms with Gasteiger partial charge in [-0.1, -0.05) is 12.1 Å². The van der Waals surface area contributed by atoms with E-state index in [0.29, 0.717) is 16.9 Å². The summed E-state index contributed by atoms with van der Waals surface area (Å²) in [4.78, 5) is 38.7. The monoisotopic (exact) mass is 367 g/mol. The number of carbonyl (C=O) groups excluding carboxylic acids is 3. The zero-order valence-electron chi connectivity index (χ0n) is 16.3. The number of hydrogen-bond acceptors (Lipinski definition) is 4. The number of carbonyl (C=O) groups is 3. The molecule has 0 aliphatic rings. The standard InChI is InChI=1S/C21H25N3O3/c1-14(25)15-7-6-8-17(13-15)23-20(27)21(2,3)19(26)22-16-9-11-18(12-10-16)24(4)5/h6-13H,1-5H3,(H,22,26)(H,23,27). The van der Waals surface area contributed by atoms with Crippen LogP contribution in [0.5, 0.6) is 0 Å². The Kier molecular flexibility index (Phi) is 6.00. The molecule has 0 saturated heterocycles. The maximum Gasteiger partial charge on any atom is 0.239 e. The van der Waals surface area contributed by atoms with Crippen molar-refractivity contribution in [2.75, 3.05) is 29.6 Å². The molecule has 0 bridgehead atoms. The van der Waals surface area contributed by atoms with Gasteiger partial charge in [0.25, 0.3) is 0 Å². The number of Topliss-reactive ketones (excluding diaryl/α,β-unsaturated/α-hetero) is 1. The van der Waals surface area contributed by atoms with Gasteiger partial charge >= 0.3 is 0 Å². The van der Waals surface area contributed by atoms with Gasteiger partial charge in [-0.25, -0.2) is 0 Å². The Bertz CT molecular complexity index is 855. The highest BCUT2D eigenvalue weighted by Gasteiger charge is 2.36. The molecule has 6 heteroatoms. The SMILES string of the molecule is CC(=O)c1cccc(NC(=O)C(C)(C)C(=O)Nc2ccc(N(C)C)cc2)c1. The molecule has 0 atom stereocenters. The average molecular weight is 367 g/mol. The minimum atomic E-state index is -1.30. The van der Waals surface area contributed by atoms with Gasteiger partial charge in [0.2, 0.25) is 11.8 Å². The van der Waals surface area contributed by atoms with Gasteiger partial charge in [0.05, 0.1) is 0 Å². The second kappa shape index (κ2) is 8.03. The van der Waals surface area contributed by atoms with Crippen molar-refractivity contribution in [2.24, 2.45) is 5.41 Å². The lowest BCUT2D eigenvalue weighted by Crippen LogP contribution is -2.41. The second-order valence-corrected chi connectivity index (χ2v) is 7.11. The molecular weight excluding hydrogens is 342 g/mol. The first-order chi connectivity index (χ1) is 12.6. The quantitative estimate of drug-likeness (QED) is 0.604. The van der Waals surface area contributed by atoms with E-state index in [-0.39, 0.29) is 5.78 Å². The van der Waals surface area contributed by atoms with Crippen LogP contribution in [0.1, 0.15) is 31.1 Å². The van der Waals surface area contributed by atoms with Crippen molar-refractivity contribution in [2.45, 2.75) is 20.8 Å². The molecule has 0 aliphatic heterocycles. The van der Waals surface area contributed by atoms with Crippen LogP contribution in [0.2, 0.25) is 0 Å². The van der Waals surface area contributed by atoms with Crippen molar-refractivity contribution in [3.8, 4) is 0 Å². The number of rotatable bonds is 6. The molecule has 2 aromatic carbocycles. The predicted molar refractivity (Wildman–Crippen MR) is 108 cm³/mol. The van der Waals surface area contributed by atoms with E-state index in [9.17, 15) is 14.4 Å². The van der Waals surface area contributed by atoms with Crippen molar-refractivity contribution in [1.29, 1.82) is 0 Å². The molecule has 2 aromatic rings. The summed E-state index contributed by atoms with van der Waals surface area (Å²) in [7, 11) is 3.87. The van der Waals surface area contributed by atoms with Gasteiger partial charge in [-0.15, -0.1) is 0 Å². The van der Waals surface area contributed by atoms with Gasteiger partial charge < -0.3 is 15.5 Å². The first-order valence-corrected chi connectivity index (χ1v) is 8.62. The highest BCUT2D eigenvalue weighted by atomic mass is 16.2. The number of ketones is 1. The number of hydrogen-bond donors (Lipinski definition) is 2. The molecule has 0 aromatic heterocycles. The third-order valence-corrected chi connectivity index (χ3v) is 4.30. The smallest absolute Gasteiger partial charge is 0.239 e. The molecule has 0 unspecified atom stereocenters. The van der Waals surface area contributed by atoms with Gasteiger partial charge in [0, 0.05) is 36.7 Å². The number of benzene rings is 2. The van der Waals surface area contributed by atoms with Crippen LogP contribution in [-0.4, -0.2) is 31.7 Å². The highest BCUT2D eigenvalue weighted by molar-refractivity contribution is 6.14. The lowest BCUT2D eigenvalue weighted by molar-refractivity contribution is -0.135. The second-order valence-electron chi connectivity index (χ2n) is 7.11. The van der Waals surface area contributed by atoms with Crippen molar-refractivity contribution in [1.82, 2.24) is 0 Å². The van der Waals surface area contributed by atoms with Gasteiger partial charge in [0.1, 0.15) is 5.41 Å². The van der Waals surface area contributed by atoms with Crippen LogP contribution in [0.4, 0.5) is 17.1 Å². The molecule has 27 heavy (non-hydrogen) atoms. The number of amides is 2. The zero-order valence-corrected chi connectivity index (χ0v) is 16.3. The summed E-state index contributed by atoms with van der Waals surface area (Å²) in [6.45, 7) is 4.57. The summed E-state index contributed by atoms with van der Waals surface area (Å²) in [5.74, 6) is -0.963. The summed E-state index contributed by atoms with van der Waals surface area (Å²) in [5.41, 5.74) is 1.30. The molecule has 142 valence electrons. The fourth-order valence-corrected chi connectivity index (χ4v) is 2.34. The summed E-state index contributed by atoms with van der Waals surface area (Å²) >= 11 is 0. The Hall–Kier alpha value is -3.15. The normalized spacial score (nSPS) is 10.9. The van der Waals surface area contributed by atoms with Crippen LogP contribution in [0.15, 0.2) is 48.5 Å². The van der Waals surface area contributed by atoms with E-state index in [2.05, 4.69) is 10.6 Å². The van der Waals surface area contributed by atoms with Gasteiger partial charge in [-0.3, -0.25) is 14.4 Å². The van der Waals surface area contributed by atoms with Crippen LogP contribution < -0.4 is 15.5 Å². The van der Waals surface area contributed by atoms with Crippen molar-refractivity contribution in [3.63, 3.8) is 0 Å². The fraction of sp³-hybridized carbons (Fsp3) is 0.286. The molecule has 0 aliphatic carbocycles. The van der Waals surface area contributed by atoms with Crippen LogP contribution in [0, 0.1) is 5.41 Å². The molecule has 0 radical (unpaired) electrons. The Morgan fingerprint density at radius 2 is 1.41 bits per heavy atom. The average Bonchev–Trinajstić information content (AvgIpc) is 2.62. The number of anilines is 3. The largest absolute Gasteiger partial charge is 0.378 e. The lowest BCUT2D eigenvalue weighted by Gasteiger charge is -2.23. The Labute approximate surface area is 159 Å². The Morgan fingerprint density at radius 1 is 0.852 bits per heavy atom. The molecule has 0 spiro atoms. The molecule has 6 nitrogen and oxygen atoms in total.